The molecule has 98 valence electrons. The maximum atomic E-state index is 5.81. The molecule has 0 spiro atoms. The third kappa shape index (κ3) is 2.65. The zero-order valence-corrected chi connectivity index (χ0v) is 10.8. The Hall–Kier alpha value is -2.17. The first kappa shape index (κ1) is 11.9. The molecule has 0 unspecified atom stereocenters. The average molecular weight is 255 g/mol. The molecule has 0 bridgehead atoms. The Balaban J connectivity index is 1.96. The third-order valence-corrected chi connectivity index (χ3v) is 3.31. The molecule has 5 heteroatoms. The van der Waals surface area contributed by atoms with Crippen LogP contribution in [0.15, 0.2) is 30.3 Å². The largest absolute Gasteiger partial charge is 0.368 e. The number of rotatable bonds is 2. The highest BCUT2D eigenvalue weighted by atomic mass is 15.3. The van der Waals surface area contributed by atoms with E-state index in [2.05, 4.69) is 19.9 Å². The van der Waals surface area contributed by atoms with Crippen LogP contribution in [-0.2, 0) is 0 Å². The molecule has 0 atom stereocenters. The lowest BCUT2D eigenvalue weighted by Gasteiger charge is -2.26. The molecule has 0 amide bonds. The average Bonchev–Trinajstić information content (AvgIpc) is 2.48. The van der Waals surface area contributed by atoms with Gasteiger partial charge >= 0.3 is 0 Å². The minimum atomic E-state index is 0.287. The molecule has 0 saturated carbocycles. The topological polar surface area (TPSA) is 67.9 Å². The molecular formula is C14H17N5. The Morgan fingerprint density at radius 2 is 1.63 bits per heavy atom. The zero-order chi connectivity index (χ0) is 13.1. The van der Waals surface area contributed by atoms with Crippen molar-refractivity contribution < 1.29 is 0 Å². The van der Waals surface area contributed by atoms with Gasteiger partial charge in [-0.2, -0.15) is 15.0 Å². The number of nitrogens with two attached hydrogens (primary N) is 1. The lowest BCUT2D eigenvalue weighted by atomic mass is 10.1. The summed E-state index contributed by atoms with van der Waals surface area (Å²) in [7, 11) is 0. The lowest BCUT2D eigenvalue weighted by molar-refractivity contribution is 0.568. The molecule has 19 heavy (non-hydrogen) atoms. The summed E-state index contributed by atoms with van der Waals surface area (Å²) in [6, 6.07) is 9.87. The Morgan fingerprint density at radius 1 is 0.895 bits per heavy atom. The Bertz CT molecular complexity index is 549. The van der Waals surface area contributed by atoms with Crippen molar-refractivity contribution in [1.82, 2.24) is 15.0 Å². The van der Waals surface area contributed by atoms with Gasteiger partial charge in [-0.1, -0.05) is 30.3 Å². The monoisotopic (exact) mass is 255 g/mol. The van der Waals surface area contributed by atoms with Crippen molar-refractivity contribution in [3.63, 3.8) is 0 Å². The Morgan fingerprint density at radius 3 is 2.37 bits per heavy atom. The predicted molar refractivity (Wildman–Crippen MR) is 75.7 cm³/mol. The normalized spacial score (nSPS) is 15.5. The van der Waals surface area contributed by atoms with Crippen LogP contribution in [0.5, 0.6) is 0 Å². The number of hydrogen-bond acceptors (Lipinski definition) is 5. The molecule has 0 aliphatic carbocycles. The smallest absolute Gasteiger partial charge is 0.230 e. The van der Waals surface area contributed by atoms with Crippen molar-refractivity contribution in [3.05, 3.63) is 30.3 Å². The minimum absolute atomic E-state index is 0.287. The number of piperidine rings is 1. The molecule has 1 fully saturated rings. The summed E-state index contributed by atoms with van der Waals surface area (Å²) < 4.78 is 0. The summed E-state index contributed by atoms with van der Waals surface area (Å²) in [5, 5.41) is 0. The first-order valence-electron chi connectivity index (χ1n) is 6.65. The van der Waals surface area contributed by atoms with Crippen LogP contribution >= 0.6 is 0 Å². The van der Waals surface area contributed by atoms with Gasteiger partial charge in [0.05, 0.1) is 0 Å². The lowest BCUT2D eigenvalue weighted by Crippen LogP contribution is -2.31. The first-order chi connectivity index (χ1) is 9.33. The van der Waals surface area contributed by atoms with E-state index in [9.17, 15) is 0 Å². The van der Waals surface area contributed by atoms with E-state index in [1.807, 2.05) is 30.3 Å². The van der Waals surface area contributed by atoms with Gasteiger partial charge in [0, 0.05) is 18.7 Å². The highest BCUT2D eigenvalue weighted by Crippen LogP contribution is 2.20. The number of benzene rings is 1. The van der Waals surface area contributed by atoms with Crippen LogP contribution in [0.4, 0.5) is 11.9 Å². The summed E-state index contributed by atoms with van der Waals surface area (Å²) in [5.41, 5.74) is 6.78. The summed E-state index contributed by atoms with van der Waals surface area (Å²) in [6.07, 6.45) is 3.65. The van der Waals surface area contributed by atoms with Gasteiger partial charge in [0.15, 0.2) is 5.82 Å². The highest BCUT2D eigenvalue weighted by molar-refractivity contribution is 5.57. The van der Waals surface area contributed by atoms with Crippen molar-refractivity contribution >= 4 is 11.9 Å². The molecule has 1 aromatic heterocycles. The summed E-state index contributed by atoms with van der Waals surface area (Å²) in [5.74, 6) is 1.63. The van der Waals surface area contributed by atoms with E-state index in [1.165, 1.54) is 19.3 Å². The van der Waals surface area contributed by atoms with Gasteiger partial charge in [-0.3, -0.25) is 0 Å². The molecule has 1 saturated heterocycles. The second kappa shape index (κ2) is 5.22. The van der Waals surface area contributed by atoms with Crippen LogP contribution in [0.3, 0.4) is 0 Å². The fourth-order valence-electron chi connectivity index (χ4n) is 2.33. The molecule has 1 aliphatic heterocycles. The number of hydrogen-bond donors (Lipinski definition) is 1. The van der Waals surface area contributed by atoms with E-state index in [4.69, 9.17) is 5.73 Å². The molecule has 2 aromatic rings. The fraction of sp³-hybridized carbons (Fsp3) is 0.357. The number of nitrogen functional groups attached to an aromatic ring is 1. The van der Waals surface area contributed by atoms with Gasteiger partial charge in [-0.05, 0) is 19.3 Å². The van der Waals surface area contributed by atoms with Gasteiger partial charge in [-0.15, -0.1) is 0 Å². The van der Waals surface area contributed by atoms with Gasteiger partial charge < -0.3 is 10.6 Å². The molecule has 2 N–H and O–H groups in total. The number of anilines is 2. The maximum Gasteiger partial charge on any atom is 0.230 e. The van der Waals surface area contributed by atoms with Gasteiger partial charge in [0.2, 0.25) is 11.9 Å². The van der Waals surface area contributed by atoms with Crippen LogP contribution in [0, 0.1) is 0 Å². The van der Waals surface area contributed by atoms with Crippen molar-refractivity contribution in [1.29, 1.82) is 0 Å². The van der Waals surface area contributed by atoms with E-state index < -0.39 is 0 Å². The van der Waals surface area contributed by atoms with E-state index >= 15 is 0 Å². The van der Waals surface area contributed by atoms with E-state index in [0.29, 0.717) is 11.8 Å². The summed E-state index contributed by atoms with van der Waals surface area (Å²) in [4.78, 5) is 15.2. The SMILES string of the molecule is Nc1nc(-c2ccccc2)nc(N2CCCCC2)n1. The van der Waals surface area contributed by atoms with Crippen LogP contribution in [0.2, 0.25) is 0 Å². The Kier molecular flexibility index (Phi) is 3.27. The van der Waals surface area contributed by atoms with Crippen molar-refractivity contribution in [3.8, 4) is 11.4 Å². The van der Waals surface area contributed by atoms with E-state index in [0.717, 1.165) is 18.7 Å². The molecule has 0 radical (unpaired) electrons. The van der Waals surface area contributed by atoms with Crippen LogP contribution in [-0.4, -0.2) is 28.0 Å². The number of aromatic nitrogens is 3. The van der Waals surface area contributed by atoms with Crippen molar-refractivity contribution in [2.24, 2.45) is 0 Å². The quantitative estimate of drug-likeness (QED) is 0.890. The second-order valence-corrected chi connectivity index (χ2v) is 4.73. The van der Waals surface area contributed by atoms with Crippen LogP contribution < -0.4 is 10.6 Å². The third-order valence-electron chi connectivity index (χ3n) is 3.31. The van der Waals surface area contributed by atoms with Gasteiger partial charge in [0.1, 0.15) is 0 Å². The summed E-state index contributed by atoms with van der Waals surface area (Å²) >= 11 is 0. The standard InChI is InChI=1S/C14H17N5/c15-13-16-12(11-7-3-1-4-8-11)17-14(18-13)19-9-5-2-6-10-19/h1,3-4,7-8H,2,5-6,9-10H2,(H2,15,16,17,18). The second-order valence-electron chi connectivity index (χ2n) is 4.73. The zero-order valence-electron chi connectivity index (χ0n) is 10.8. The van der Waals surface area contributed by atoms with Crippen LogP contribution in [0.25, 0.3) is 11.4 Å². The predicted octanol–water partition coefficient (Wildman–Crippen LogP) is 2.11. The number of nitrogens with zero attached hydrogens (tertiary/aromatic N) is 4. The van der Waals surface area contributed by atoms with Crippen molar-refractivity contribution in [2.75, 3.05) is 23.7 Å². The molecule has 1 aliphatic rings. The summed E-state index contributed by atoms with van der Waals surface area (Å²) in [6.45, 7) is 2.00. The van der Waals surface area contributed by atoms with Crippen LogP contribution in [0.1, 0.15) is 19.3 Å². The molecule has 3 rings (SSSR count). The first-order valence-corrected chi connectivity index (χ1v) is 6.65. The van der Waals surface area contributed by atoms with E-state index in [1.54, 1.807) is 0 Å². The molecule has 2 heterocycles. The molecule has 5 nitrogen and oxygen atoms in total. The van der Waals surface area contributed by atoms with Gasteiger partial charge in [0.25, 0.3) is 0 Å². The highest BCUT2D eigenvalue weighted by Gasteiger charge is 2.15. The van der Waals surface area contributed by atoms with Crippen molar-refractivity contribution in [2.45, 2.75) is 19.3 Å². The fourth-order valence-corrected chi connectivity index (χ4v) is 2.33. The molecule has 1 aromatic carbocycles. The molecular weight excluding hydrogens is 238 g/mol. The maximum absolute atomic E-state index is 5.81. The van der Waals surface area contributed by atoms with E-state index in [-0.39, 0.29) is 5.95 Å². The van der Waals surface area contributed by atoms with Gasteiger partial charge in [-0.25, -0.2) is 0 Å². The Labute approximate surface area is 112 Å². The minimum Gasteiger partial charge on any atom is -0.368 e.